The van der Waals surface area contributed by atoms with Gasteiger partial charge >= 0.3 is 0 Å². The molecule has 0 heterocycles. The summed E-state index contributed by atoms with van der Waals surface area (Å²) in [5.41, 5.74) is 8.54. The fourth-order valence-electron chi connectivity index (χ4n) is 2.05. The number of benzene rings is 2. The van der Waals surface area contributed by atoms with E-state index >= 15 is 0 Å². The molecule has 0 atom stereocenters. The highest BCUT2D eigenvalue weighted by Gasteiger charge is 2.14. The number of halogens is 1. The van der Waals surface area contributed by atoms with Gasteiger partial charge in [-0.2, -0.15) is 0 Å². The second-order valence-electron chi connectivity index (χ2n) is 5.19. The molecular weight excluding hydrogens is 330 g/mol. The first-order valence-electron chi connectivity index (χ1n) is 6.75. The van der Waals surface area contributed by atoms with Gasteiger partial charge in [-0.3, -0.25) is 4.79 Å². The molecule has 21 heavy (non-hydrogen) atoms. The van der Waals surface area contributed by atoms with E-state index in [2.05, 4.69) is 15.9 Å². The van der Waals surface area contributed by atoms with Crippen LogP contribution in [-0.2, 0) is 0 Å². The first-order valence-corrected chi connectivity index (χ1v) is 7.55. The van der Waals surface area contributed by atoms with Crippen LogP contribution in [0.25, 0.3) is 0 Å². The van der Waals surface area contributed by atoms with Crippen molar-refractivity contribution in [3.05, 3.63) is 57.6 Å². The smallest absolute Gasteiger partial charge is 0.193 e. The largest absolute Gasteiger partial charge is 0.491 e. The van der Waals surface area contributed by atoms with E-state index in [1.165, 1.54) is 0 Å². The second kappa shape index (κ2) is 6.31. The van der Waals surface area contributed by atoms with Crippen LogP contribution in [0.3, 0.4) is 0 Å². The molecule has 0 radical (unpaired) electrons. The molecule has 0 aliphatic rings. The molecule has 0 saturated heterocycles. The van der Waals surface area contributed by atoms with Crippen LogP contribution < -0.4 is 10.5 Å². The standard InChI is InChI=1S/C17H18BrNO2/c1-10(2)21-14-6-4-12(5-7-14)17(20)15-8-13(18)9-16(19)11(15)3/h4-10H,19H2,1-3H3. The summed E-state index contributed by atoms with van der Waals surface area (Å²) in [5, 5.41) is 0. The third kappa shape index (κ3) is 3.64. The highest BCUT2D eigenvalue weighted by Crippen LogP contribution is 2.25. The van der Waals surface area contributed by atoms with Gasteiger partial charge in [0.2, 0.25) is 0 Å². The number of rotatable bonds is 4. The molecule has 2 N–H and O–H groups in total. The van der Waals surface area contributed by atoms with E-state index in [0.29, 0.717) is 16.8 Å². The van der Waals surface area contributed by atoms with Crippen LogP contribution in [0.5, 0.6) is 5.75 Å². The lowest BCUT2D eigenvalue weighted by molar-refractivity contribution is 0.103. The topological polar surface area (TPSA) is 52.3 Å². The van der Waals surface area contributed by atoms with Crippen molar-refractivity contribution in [1.29, 1.82) is 0 Å². The van der Waals surface area contributed by atoms with Gasteiger partial charge in [-0.15, -0.1) is 0 Å². The Hall–Kier alpha value is -1.81. The summed E-state index contributed by atoms with van der Waals surface area (Å²) in [6.07, 6.45) is 0.110. The second-order valence-corrected chi connectivity index (χ2v) is 6.10. The Morgan fingerprint density at radius 1 is 1.19 bits per heavy atom. The van der Waals surface area contributed by atoms with Gasteiger partial charge in [0.25, 0.3) is 0 Å². The van der Waals surface area contributed by atoms with E-state index in [9.17, 15) is 4.79 Å². The minimum atomic E-state index is -0.0448. The summed E-state index contributed by atoms with van der Waals surface area (Å²) < 4.78 is 6.38. The van der Waals surface area contributed by atoms with Gasteiger partial charge in [0, 0.05) is 21.3 Å². The number of carbonyl (C=O) groups is 1. The molecule has 4 heteroatoms. The number of anilines is 1. The molecular formula is C17H18BrNO2. The predicted molar refractivity (Wildman–Crippen MR) is 88.9 cm³/mol. The lowest BCUT2D eigenvalue weighted by Gasteiger charge is -2.11. The number of hydrogen-bond donors (Lipinski definition) is 1. The SMILES string of the molecule is Cc1c(N)cc(Br)cc1C(=O)c1ccc(OC(C)C)cc1. The van der Waals surface area contributed by atoms with Crippen molar-refractivity contribution in [2.75, 3.05) is 5.73 Å². The Morgan fingerprint density at radius 3 is 2.38 bits per heavy atom. The molecule has 2 aromatic rings. The molecule has 0 amide bonds. The van der Waals surface area contributed by atoms with E-state index in [1.807, 2.05) is 32.9 Å². The Kier molecular flexibility index (Phi) is 4.68. The quantitative estimate of drug-likeness (QED) is 0.660. The molecule has 3 nitrogen and oxygen atoms in total. The van der Waals surface area contributed by atoms with Crippen LogP contribution >= 0.6 is 15.9 Å². The predicted octanol–water partition coefficient (Wildman–Crippen LogP) is 4.36. The fraction of sp³-hybridized carbons (Fsp3) is 0.235. The number of nitrogens with two attached hydrogens (primary N) is 1. The van der Waals surface area contributed by atoms with Gasteiger partial charge in [0.15, 0.2) is 5.78 Å². The Balaban J connectivity index is 2.32. The monoisotopic (exact) mass is 347 g/mol. The minimum absolute atomic E-state index is 0.0448. The molecule has 0 saturated carbocycles. The van der Waals surface area contributed by atoms with Crippen LogP contribution in [0.15, 0.2) is 40.9 Å². The van der Waals surface area contributed by atoms with Gasteiger partial charge < -0.3 is 10.5 Å². The van der Waals surface area contributed by atoms with Crippen molar-refractivity contribution in [2.45, 2.75) is 26.9 Å². The van der Waals surface area contributed by atoms with E-state index in [4.69, 9.17) is 10.5 Å². The van der Waals surface area contributed by atoms with Crippen LogP contribution in [0, 0.1) is 6.92 Å². The Bertz CT molecular complexity index is 663. The first kappa shape index (κ1) is 15.6. The number of nitrogen functional groups attached to an aromatic ring is 1. The third-order valence-electron chi connectivity index (χ3n) is 3.15. The maximum atomic E-state index is 12.6. The number of ketones is 1. The average molecular weight is 348 g/mol. The zero-order chi connectivity index (χ0) is 15.6. The summed E-state index contributed by atoms with van der Waals surface area (Å²) >= 11 is 3.37. The van der Waals surface area contributed by atoms with Crippen molar-refractivity contribution in [1.82, 2.24) is 0 Å². The molecule has 2 rings (SSSR count). The minimum Gasteiger partial charge on any atom is -0.491 e. The Labute approximate surface area is 133 Å². The highest BCUT2D eigenvalue weighted by molar-refractivity contribution is 9.10. The fourth-order valence-corrected chi connectivity index (χ4v) is 2.52. The Morgan fingerprint density at radius 2 is 1.81 bits per heavy atom. The van der Waals surface area contributed by atoms with Crippen molar-refractivity contribution < 1.29 is 9.53 Å². The van der Waals surface area contributed by atoms with Crippen LogP contribution in [0.2, 0.25) is 0 Å². The van der Waals surface area contributed by atoms with Gasteiger partial charge in [-0.25, -0.2) is 0 Å². The zero-order valence-corrected chi connectivity index (χ0v) is 13.9. The maximum Gasteiger partial charge on any atom is 0.193 e. The summed E-state index contributed by atoms with van der Waals surface area (Å²) in [6, 6.07) is 10.8. The number of carbonyl (C=O) groups excluding carboxylic acids is 1. The molecule has 0 aliphatic heterocycles. The molecule has 2 aromatic carbocycles. The van der Waals surface area contributed by atoms with Gasteiger partial charge in [0.05, 0.1) is 6.10 Å². The summed E-state index contributed by atoms with van der Waals surface area (Å²) in [5.74, 6) is 0.712. The van der Waals surface area contributed by atoms with Crippen molar-refractivity contribution in [3.8, 4) is 5.75 Å². The van der Waals surface area contributed by atoms with Gasteiger partial charge in [0.1, 0.15) is 5.75 Å². The lowest BCUT2D eigenvalue weighted by Crippen LogP contribution is -2.07. The molecule has 0 aliphatic carbocycles. The van der Waals surface area contributed by atoms with Crippen LogP contribution in [0.4, 0.5) is 5.69 Å². The zero-order valence-electron chi connectivity index (χ0n) is 12.3. The van der Waals surface area contributed by atoms with Gasteiger partial charge in [-0.05, 0) is 62.7 Å². The normalized spacial score (nSPS) is 10.7. The van der Waals surface area contributed by atoms with Crippen LogP contribution in [0.1, 0.15) is 35.3 Å². The summed E-state index contributed by atoms with van der Waals surface area (Å²) in [4.78, 5) is 12.6. The molecule has 0 spiro atoms. The van der Waals surface area contributed by atoms with E-state index < -0.39 is 0 Å². The number of ether oxygens (including phenoxy) is 1. The highest BCUT2D eigenvalue weighted by atomic mass is 79.9. The van der Waals surface area contributed by atoms with Crippen molar-refractivity contribution in [2.24, 2.45) is 0 Å². The van der Waals surface area contributed by atoms with Gasteiger partial charge in [-0.1, -0.05) is 15.9 Å². The summed E-state index contributed by atoms with van der Waals surface area (Å²) in [6.45, 7) is 5.78. The summed E-state index contributed by atoms with van der Waals surface area (Å²) in [7, 11) is 0. The number of hydrogen-bond acceptors (Lipinski definition) is 3. The van der Waals surface area contributed by atoms with Crippen LogP contribution in [-0.4, -0.2) is 11.9 Å². The first-order chi connectivity index (χ1) is 9.88. The molecule has 0 unspecified atom stereocenters. The molecule has 0 aromatic heterocycles. The maximum absolute atomic E-state index is 12.6. The molecule has 0 fully saturated rings. The lowest BCUT2D eigenvalue weighted by atomic mass is 9.98. The van der Waals surface area contributed by atoms with Crippen molar-refractivity contribution >= 4 is 27.4 Å². The van der Waals surface area contributed by atoms with E-state index in [1.54, 1.807) is 24.3 Å². The molecule has 110 valence electrons. The average Bonchev–Trinajstić information content (AvgIpc) is 2.42. The molecule has 0 bridgehead atoms. The third-order valence-corrected chi connectivity index (χ3v) is 3.60. The van der Waals surface area contributed by atoms with E-state index in [0.717, 1.165) is 15.8 Å². The van der Waals surface area contributed by atoms with Crippen molar-refractivity contribution in [3.63, 3.8) is 0 Å². The van der Waals surface area contributed by atoms with E-state index in [-0.39, 0.29) is 11.9 Å².